The van der Waals surface area contributed by atoms with Gasteiger partial charge in [0, 0.05) is 12.6 Å². The molecule has 0 atom stereocenters. The highest BCUT2D eigenvalue weighted by Crippen LogP contribution is 2.26. The molecule has 0 aliphatic heterocycles. The van der Waals surface area contributed by atoms with Crippen molar-refractivity contribution < 1.29 is 18.3 Å². The highest BCUT2D eigenvalue weighted by Gasteiger charge is 2.29. The van der Waals surface area contributed by atoms with Crippen LogP contribution in [0.3, 0.4) is 0 Å². The second-order valence-electron chi connectivity index (χ2n) is 4.99. The van der Waals surface area contributed by atoms with Gasteiger partial charge in [0.1, 0.15) is 9.09 Å². The smallest absolute Gasteiger partial charge is 0.345 e. The molecule has 108 valence electrons. The molecule has 5 nitrogen and oxygen atoms in total. The Kier molecular flexibility index (Phi) is 5.11. The van der Waals surface area contributed by atoms with Gasteiger partial charge in [-0.2, -0.15) is 4.31 Å². The molecule has 1 aromatic heterocycles. The van der Waals surface area contributed by atoms with Gasteiger partial charge in [-0.25, -0.2) is 13.2 Å². The standard InChI is InChI=1S/C12H19NO4S2/c1-8(2)7-13(9(3)4)19(16,17)11-6-5-10(18-11)12(14)15/h5-6,8-9H,7H2,1-4H3,(H,14,15). The van der Waals surface area contributed by atoms with E-state index in [4.69, 9.17) is 5.11 Å². The van der Waals surface area contributed by atoms with Crippen LogP contribution in [0.15, 0.2) is 16.3 Å². The molecule has 1 heterocycles. The lowest BCUT2D eigenvalue weighted by Gasteiger charge is -2.26. The molecule has 0 bridgehead atoms. The number of rotatable bonds is 6. The summed E-state index contributed by atoms with van der Waals surface area (Å²) in [6.45, 7) is 7.93. The van der Waals surface area contributed by atoms with E-state index in [-0.39, 0.29) is 21.0 Å². The van der Waals surface area contributed by atoms with Crippen molar-refractivity contribution in [2.45, 2.75) is 37.9 Å². The summed E-state index contributed by atoms with van der Waals surface area (Å²) < 4.78 is 26.5. The second kappa shape index (κ2) is 6.02. The van der Waals surface area contributed by atoms with E-state index >= 15 is 0 Å². The Bertz CT molecular complexity index is 546. The first-order chi connectivity index (χ1) is 8.66. The Balaban J connectivity index is 3.15. The Morgan fingerprint density at radius 1 is 1.32 bits per heavy atom. The molecule has 1 aromatic rings. The number of hydrogen-bond acceptors (Lipinski definition) is 4. The molecule has 19 heavy (non-hydrogen) atoms. The molecule has 0 unspecified atom stereocenters. The van der Waals surface area contributed by atoms with Gasteiger partial charge in [0.15, 0.2) is 0 Å². The van der Waals surface area contributed by atoms with E-state index in [0.717, 1.165) is 11.3 Å². The summed E-state index contributed by atoms with van der Waals surface area (Å²) in [4.78, 5) is 10.9. The first-order valence-electron chi connectivity index (χ1n) is 6.01. The third-order valence-electron chi connectivity index (χ3n) is 2.48. The van der Waals surface area contributed by atoms with Gasteiger partial charge in [-0.3, -0.25) is 0 Å². The lowest BCUT2D eigenvalue weighted by atomic mass is 10.2. The number of carboxylic acid groups (broad SMARTS) is 1. The molecule has 0 radical (unpaired) electrons. The number of carboxylic acids is 1. The molecule has 1 rings (SSSR count). The van der Waals surface area contributed by atoms with Crippen LogP contribution in [-0.4, -0.2) is 36.4 Å². The Morgan fingerprint density at radius 2 is 1.89 bits per heavy atom. The van der Waals surface area contributed by atoms with Crippen LogP contribution < -0.4 is 0 Å². The minimum Gasteiger partial charge on any atom is -0.477 e. The van der Waals surface area contributed by atoms with Crippen molar-refractivity contribution in [2.24, 2.45) is 5.92 Å². The maximum Gasteiger partial charge on any atom is 0.345 e. The van der Waals surface area contributed by atoms with Gasteiger partial charge in [-0.05, 0) is 31.9 Å². The van der Waals surface area contributed by atoms with Crippen molar-refractivity contribution in [2.75, 3.05) is 6.54 Å². The van der Waals surface area contributed by atoms with Crippen LogP contribution in [0.2, 0.25) is 0 Å². The zero-order chi connectivity index (χ0) is 14.8. The van der Waals surface area contributed by atoms with Crippen molar-refractivity contribution in [3.05, 3.63) is 17.0 Å². The van der Waals surface area contributed by atoms with Crippen molar-refractivity contribution in [3.8, 4) is 0 Å². The predicted molar refractivity (Wildman–Crippen MR) is 75.1 cm³/mol. The first-order valence-corrected chi connectivity index (χ1v) is 8.27. The molecule has 0 aliphatic rings. The van der Waals surface area contributed by atoms with Crippen molar-refractivity contribution in [1.82, 2.24) is 4.31 Å². The van der Waals surface area contributed by atoms with Crippen LogP contribution in [0.5, 0.6) is 0 Å². The average Bonchev–Trinajstić information content (AvgIpc) is 2.74. The van der Waals surface area contributed by atoms with E-state index in [1.165, 1.54) is 16.4 Å². The molecule has 7 heteroatoms. The largest absolute Gasteiger partial charge is 0.477 e. The molecule has 1 N–H and O–H groups in total. The fraction of sp³-hybridized carbons (Fsp3) is 0.583. The predicted octanol–water partition coefficient (Wildman–Crippen LogP) is 2.50. The zero-order valence-electron chi connectivity index (χ0n) is 11.5. The summed E-state index contributed by atoms with van der Waals surface area (Å²) >= 11 is 0.792. The highest BCUT2D eigenvalue weighted by molar-refractivity contribution is 7.91. The number of carbonyl (C=O) groups is 1. The highest BCUT2D eigenvalue weighted by atomic mass is 32.2. The van der Waals surface area contributed by atoms with Gasteiger partial charge >= 0.3 is 5.97 Å². The SMILES string of the molecule is CC(C)CN(C(C)C)S(=O)(=O)c1ccc(C(=O)O)s1. The summed E-state index contributed by atoms with van der Waals surface area (Å²) in [5, 5.41) is 8.86. The van der Waals surface area contributed by atoms with Gasteiger partial charge in [-0.15, -0.1) is 11.3 Å². The van der Waals surface area contributed by atoms with Crippen molar-refractivity contribution >= 4 is 27.3 Å². The lowest BCUT2D eigenvalue weighted by Crippen LogP contribution is -2.39. The third-order valence-corrected chi connectivity index (χ3v) is 6.06. The fourth-order valence-corrected chi connectivity index (χ4v) is 4.71. The van der Waals surface area contributed by atoms with E-state index in [0.29, 0.717) is 6.54 Å². The number of aromatic carboxylic acids is 1. The molecule has 0 saturated carbocycles. The first kappa shape index (κ1) is 16.1. The van der Waals surface area contributed by atoms with Crippen LogP contribution in [0.25, 0.3) is 0 Å². The van der Waals surface area contributed by atoms with Crippen LogP contribution >= 0.6 is 11.3 Å². The van der Waals surface area contributed by atoms with Gasteiger partial charge in [0.05, 0.1) is 0 Å². The molecule has 0 spiro atoms. The Labute approximate surface area is 117 Å². The summed E-state index contributed by atoms with van der Waals surface area (Å²) in [5.74, 6) is -0.900. The van der Waals surface area contributed by atoms with E-state index in [1.807, 2.05) is 27.7 Å². The molecule has 0 aromatic carbocycles. The number of sulfonamides is 1. The number of thiophene rings is 1. The number of hydrogen-bond donors (Lipinski definition) is 1. The topological polar surface area (TPSA) is 74.7 Å². The maximum atomic E-state index is 12.5. The summed E-state index contributed by atoms with van der Waals surface area (Å²) in [6.07, 6.45) is 0. The quantitative estimate of drug-likeness (QED) is 0.876. The fourth-order valence-electron chi connectivity index (χ4n) is 1.64. The Morgan fingerprint density at radius 3 is 2.26 bits per heavy atom. The molecular weight excluding hydrogens is 286 g/mol. The number of nitrogens with zero attached hydrogens (tertiary/aromatic N) is 1. The van der Waals surface area contributed by atoms with E-state index in [2.05, 4.69) is 0 Å². The summed E-state index contributed by atoms with van der Waals surface area (Å²) in [6, 6.07) is 2.52. The van der Waals surface area contributed by atoms with Crippen LogP contribution in [0, 0.1) is 5.92 Å². The molecular formula is C12H19NO4S2. The van der Waals surface area contributed by atoms with E-state index in [1.54, 1.807) is 0 Å². The molecule has 0 aliphatic carbocycles. The normalized spacial score (nSPS) is 12.6. The van der Waals surface area contributed by atoms with Gasteiger partial charge < -0.3 is 5.11 Å². The minimum atomic E-state index is -3.62. The van der Waals surface area contributed by atoms with Crippen LogP contribution in [-0.2, 0) is 10.0 Å². The molecule has 0 amide bonds. The Hall–Kier alpha value is -0.920. The second-order valence-corrected chi connectivity index (χ2v) is 8.19. The summed E-state index contributed by atoms with van der Waals surface area (Å²) in [5.41, 5.74) is 0. The summed E-state index contributed by atoms with van der Waals surface area (Å²) in [7, 11) is -3.62. The van der Waals surface area contributed by atoms with Crippen molar-refractivity contribution in [1.29, 1.82) is 0 Å². The molecule has 0 saturated heterocycles. The van der Waals surface area contributed by atoms with Crippen LogP contribution in [0.1, 0.15) is 37.4 Å². The maximum absolute atomic E-state index is 12.5. The van der Waals surface area contributed by atoms with E-state index in [9.17, 15) is 13.2 Å². The zero-order valence-corrected chi connectivity index (χ0v) is 13.1. The lowest BCUT2D eigenvalue weighted by molar-refractivity contribution is 0.0702. The van der Waals surface area contributed by atoms with Gasteiger partial charge in [0.25, 0.3) is 10.0 Å². The van der Waals surface area contributed by atoms with Crippen LogP contribution in [0.4, 0.5) is 0 Å². The average molecular weight is 305 g/mol. The third kappa shape index (κ3) is 3.77. The van der Waals surface area contributed by atoms with Gasteiger partial charge in [-0.1, -0.05) is 13.8 Å². The van der Waals surface area contributed by atoms with Gasteiger partial charge in [0.2, 0.25) is 0 Å². The monoisotopic (exact) mass is 305 g/mol. The molecule has 0 fully saturated rings. The van der Waals surface area contributed by atoms with Crippen molar-refractivity contribution in [3.63, 3.8) is 0 Å². The minimum absolute atomic E-state index is 0.0341. The van der Waals surface area contributed by atoms with E-state index < -0.39 is 16.0 Å².